The average Bonchev–Trinajstić information content (AvgIpc) is 2.29. The molecule has 1 aromatic carbocycles. The van der Waals surface area contributed by atoms with Gasteiger partial charge >= 0.3 is 0 Å². The van der Waals surface area contributed by atoms with E-state index in [0.717, 1.165) is 24.3 Å². The molecule has 1 unspecified atom stereocenters. The van der Waals surface area contributed by atoms with Gasteiger partial charge in [0, 0.05) is 24.2 Å². The maximum absolute atomic E-state index is 11.7. The first-order valence-corrected chi connectivity index (χ1v) is 5.85. The van der Waals surface area contributed by atoms with E-state index in [4.69, 9.17) is 10.5 Å². The number of carbonyl (C=O) groups is 1. The third-order valence-electron chi connectivity index (χ3n) is 2.46. The summed E-state index contributed by atoms with van der Waals surface area (Å²) in [5.74, 6) is 0.667. The smallest absolute Gasteiger partial charge is 0.225 e. The Bertz CT molecular complexity index is 366. The first-order chi connectivity index (χ1) is 8.15. The molecule has 1 atom stereocenters. The molecule has 0 saturated heterocycles. The number of rotatable bonds is 6. The highest BCUT2D eigenvalue weighted by molar-refractivity contribution is 5.91. The minimum Gasteiger partial charge on any atom is -0.497 e. The number of hydrogen-bond donors (Lipinski definition) is 2. The lowest BCUT2D eigenvalue weighted by Gasteiger charge is -2.11. The van der Waals surface area contributed by atoms with Crippen molar-refractivity contribution in [1.82, 2.24) is 0 Å². The van der Waals surface area contributed by atoms with E-state index in [1.54, 1.807) is 13.2 Å². The number of ether oxygens (including phenoxy) is 1. The van der Waals surface area contributed by atoms with Gasteiger partial charge in [-0.3, -0.25) is 4.79 Å². The third-order valence-corrected chi connectivity index (χ3v) is 2.46. The fourth-order valence-corrected chi connectivity index (χ4v) is 1.62. The number of nitrogens with one attached hydrogen (secondary N) is 1. The van der Waals surface area contributed by atoms with Crippen LogP contribution in [0.1, 0.15) is 26.2 Å². The number of anilines is 1. The number of methoxy groups -OCH3 is 1. The second kappa shape index (κ2) is 6.91. The van der Waals surface area contributed by atoms with E-state index in [1.807, 2.05) is 18.2 Å². The van der Waals surface area contributed by atoms with Crippen LogP contribution in [0.15, 0.2) is 24.3 Å². The van der Waals surface area contributed by atoms with E-state index in [2.05, 4.69) is 12.2 Å². The topological polar surface area (TPSA) is 64.4 Å². The first-order valence-electron chi connectivity index (χ1n) is 5.85. The second-order valence-electron chi connectivity index (χ2n) is 4.03. The van der Waals surface area contributed by atoms with Gasteiger partial charge in [0.2, 0.25) is 5.91 Å². The molecule has 0 aliphatic rings. The predicted molar refractivity (Wildman–Crippen MR) is 69.1 cm³/mol. The number of carbonyl (C=O) groups excluding carboxylic acids is 1. The summed E-state index contributed by atoms with van der Waals surface area (Å²) in [5.41, 5.74) is 6.54. The molecule has 1 rings (SSSR count). The molecule has 1 amide bonds. The lowest BCUT2D eigenvalue weighted by atomic mass is 10.1. The van der Waals surface area contributed by atoms with E-state index in [9.17, 15) is 4.79 Å². The molecule has 0 heterocycles. The Morgan fingerprint density at radius 1 is 1.53 bits per heavy atom. The Labute approximate surface area is 102 Å². The molecule has 0 aliphatic carbocycles. The van der Waals surface area contributed by atoms with Gasteiger partial charge in [-0.15, -0.1) is 0 Å². The van der Waals surface area contributed by atoms with Gasteiger partial charge in [-0.25, -0.2) is 0 Å². The summed E-state index contributed by atoms with van der Waals surface area (Å²) >= 11 is 0. The van der Waals surface area contributed by atoms with Crippen molar-refractivity contribution < 1.29 is 9.53 Å². The van der Waals surface area contributed by atoms with E-state index in [1.165, 1.54) is 0 Å². The van der Waals surface area contributed by atoms with E-state index < -0.39 is 0 Å². The molecule has 94 valence electrons. The van der Waals surface area contributed by atoms with E-state index in [-0.39, 0.29) is 11.9 Å². The van der Waals surface area contributed by atoms with Crippen molar-refractivity contribution in [2.24, 2.45) is 5.73 Å². The molecule has 0 radical (unpaired) electrons. The third kappa shape index (κ3) is 4.87. The van der Waals surface area contributed by atoms with Crippen LogP contribution >= 0.6 is 0 Å². The largest absolute Gasteiger partial charge is 0.497 e. The Morgan fingerprint density at radius 2 is 2.29 bits per heavy atom. The van der Waals surface area contributed by atoms with Gasteiger partial charge in [0.1, 0.15) is 5.75 Å². The summed E-state index contributed by atoms with van der Waals surface area (Å²) in [6, 6.07) is 7.21. The second-order valence-corrected chi connectivity index (χ2v) is 4.03. The molecular weight excluding hydrogens is 216 g/mol. The molecule has 0 aromatic heterocycles. The Hall–Kier alpha value is -1.55. The van der Waals surface area contributed by atoms with Crippen LogP contribution in [-0.4, -0.2) is 19.1 Å². The number of nitrogens with two attached hydrogens (primary N) is 1. The molecule has 3 N–H and O–H groups in total. The fraction of sp³-hybridized carbons (Fsp3) is 0.462. The van der Waals surface area contributed by atoms with Crippen LogP contribution in [0.5, 0.6) is 5.75 Å². The Kier molecular flexibility index (Phi) is 5.49. The van der Waals surface area contributed by atoms with Crippen molar-refractivity contribution in [3.05, 3.63) is 24.3 Å². The zero-order valence-electron chi connectivity index (χ0n) is 10.4. The van der Waals surface area contributed by atoms with Crippen molar-refractivity contribution in [1.29, 1.82) is 0 Å². The van der Waals surface area contributed by atoms with Gasteiger partial charge in [0.25, 0.3) is 0 Å². The van der Waals surface area contributed by atoms with Crippen molar-refractivity contribution in [3.63, 3.8) is 0 Å². The summed E-state index contributed by atoms with van der Waals surface area (Å²) < 4.78 is 5.08. The van der Waals surface area contributed by atoms with Gasteiger partial charge in [-0.05, 0) is 18.6 Å². The molecule has 17 heavy (non-hydrogen) atoms. The summed E-state index contributed by atoms with van der Waals surface area (Å²) in [5, 5.41) is 2.81. The first kappa shape index (κ1) is 13.5. The van der Waals surface area contributed by atoms with Crippen LogP contribution in [0.3, 0.4) is 0 Å². The summed E-state index contributed by atoms with van der Waals surface area (Å²) in [7, 11) is 1.60. The number of benzene rings is 1. The molecule has 0 bridgehead atoms. The van der Waals surface area contributed by atoms with Crippen LogP contribution in [0.25, 0.3) is 0 Å². The van der Waals surface area contributed by atoms with Crippen LogP contribution in [-0.2, 0) is 4.79 Å². The van der Waals surface area contributed by atoms with Crippen molar-refractivity contribution in [3.8, 4) is 5.75 Å². The molecule has 0 fully saturated rings. The SMILES string of the molecule is CCCC(N)CC(=O)Nc1cccc(OC)c1. The van der Waals surface area contributed by atoms with Gasteiger partial charge in [0.05, 0.1) is 7.11 Å². The minimum atomic E-state index is -0.0643. The fourth-order valence-electron chi connectivity index (χ4n) is 1.62. The van der Waals surface area contributed by atoms with Crippen LogP contribution in [0.2, 0.25) is 0 Å². The highest BCUT2D eigenvalue weighted by Gasteiger charge is 2.09. The normalized spacial score (nSPS) is 11.9. The van der Waals surface area contributed by atoms with Crippen LogP contribution < -0.4 is 15.8 Å². The lowest BCUT2D eigenvalue weighted by Crippen LogP contribution is -2.26. The summed E-state index contributed by atoms with van der Waals surface area (Å²) in [6.07, 6.45) is 2.21. The Morgan fingerprint density at radius 3 is 2.94 bits per heavy atom. The molecule has 0 spiro atoms. The molecule has 4 heteroatoms. The standard InChI is InChI=1S/C13H20N2O2/c1-3-5-10(14)8-13(16)15-11-6-4-7-12(9-11)17-2/h4,6-7,9-10H,3,5,8,14H2,1-2H3,(H,15,16). The summed E-state index contributed by atoms with van der Waals surface area (Å²) in [6.45, 7) is 2.06. The van der Waals surface area contributed by atoms with Gasteiger partial charge < -0.3 is 15.8 Å². The predicted octanol–water partition coefficient (Wildman–Crippen LogP) is 2.15. The monoisotopic (exact) mass is 236 g/mol. The molecule has 4 nitrogen and oxygen atoms in total. The zero-order valence-corrected chi connectivity index (χ0v) is 10.4. The molecule has 0 saturated carbocycles. The van der Waals surface area contributed by atoms with E-state index >= 15 is 0 Å². The Balaban J connectivity index is 2.49. The van der Waals surface area contributed by atoms with Crippen LogP contribution in [0, 0.1) is 0 Å². The van der Waals surface area contributed by atoms with Crippen molar-refractivity contribution >= 4 is 11.6 Å². The molecule has 1 aromatic rings. The maximum atomic E-state index is 11.7. The minimum absolute atomic E-state index is 0.0563. The van der Waals surface area contributed by atoms with Gasteiger partial charge in [-0.1, -0.05) is 19.4 Å². The molecular formula is C13H20N2O2. The zero-order chi connectivity index (χ0) is 12.7. The molecule has 0 aliphatic heterocycles. The number of amides is 1. The van der Waals surface area contributed by atoms with Gasteiger partial charge in [-0.2, -0.15) is 0 Å². The number of hydrogen-bond acceptors (Lipinski definition) is 3. The summed E-state index contributed by atoms with van der Waals surface area (Å²) in [4.78, 5) is 11.7. The lowest BCUT2D eigenvalue weighted by molar-refractivity contribution is -0.116. The highest BCUT2D eigenvalue weighted by atomic mass is 16.5. The van der Waals surface area contributed by atoms with Gasteiger partial charge in [0.15, 0.2) is 0 Å². The van der Waals surface area contributed by atoms with E-state index in [0.29, 0.717) is 6.42 Å². The van der Waals surface area contributed by atoms with Crippen LogP contribution in [0.4, 0.5) is 5.69 Å². The quantitative estimate of drug-likeness (QED) is 0.795. The van der Waals surface area contributed by atoms with Crippen molar-refractivity contribution in [2.75, 3.05) is 12.4 Å². The van der Waals surface area contributed by atoms with Crippen molar-refractivity contribution in [2.45, 2.75) is 32.2 Å². The maximum Gasteiger partial charge on any atom is 0.225 e. The highest BCUT2D eigenvalue weighted by Crippen LogP contribution is 2.16. The average molecular weight is 236 g/mol.